The number of nitrogens with zero attached hydrogens (tertiary/aromatic N) is 3. The van der Waals surface area contributed by atoms with E-state index in [2.05, 4.69) is 4.90 Å². The summed E-state index contributed by atoms with van der Waals surface area (Å²) in [5.74, 6) is 0.170. The van der Waals surface area contributed by atoms with Gasteiger partial charge in [-0.1, -0.05) is 30.3 Å². The number of amides is 1. The maximum absolute atomic E-state index is 13.1. The molecule has 2 aliphatic heterocycles. The van der Waals surface area contributed by atoms with Crippen LogP contribution in [0.5, 0.6) is 0 Å². The van der Waals surface area contributed by atoms with Crippen LogP contribution in [-0.2, 0) is 14.8 Å². The minimum atomic E-state index is -3.53. The molecular weight excluding hydrogens is 374 g/mol. The quantitative estimate of drug-likeness (QED) is 0.788. The molecule has 2 fully saturated rings. The number of benzene rings is 2. The average molecular weight is 402 g/mol. The predicted molar refractivity (Wildman–Crippen MR) is 110 cm³/mol. The zero-order valence-corrected chi connectivity index (χ0v) is 17.1. The topological polar surface area (TPSA) is 60.9 Å². The van der Waals surface area contributed by atoms with Gasteiger partial charge in [0.1, 0.15) is 0 Å². The Hall–Kier alpha value is -1.96. The van der Waals surface area contributed by atoms with Crippen LogP contribution in [0.25, 0.3) is 10.8 Å². The molecule has 0 N–H and O–H groups in total. The fourth-order valence-electron chi connectivity index (χ4n) is 4.17. The third-order valence-electron chi connectivity index (χ3n) is 5.95. The molecular formula is C21H27N3O3S. The number of likely N-dealkylation sites (tertiary alicyclic amines) is 1. The maximum atomic E-state index is 13.1. The molecule has 2 aromatic rings. The Labute approximate surface area is 166 Å². The summed E-state index contributed by atoms with van der Waals surface area (Å²) in [4.78, 5) is 17.0. The first-order valence-corrected chi connectivity index (χ1v) is 11.4. The minimum absolute atomic E-state index is 0.170. The number of carbonyl (C=O) groups is 1. The number of sulfonamides is 1. The highest BCUT2D eigenvalue weighted by Crippen LogP contribution is 2.23. The number of rotatable bonds is 4. The molecule has 0 saturated carbocycles. The van der Waals surface area contributed by atoms with Gasteiger partial charge in [0.25, 0.3) is 0 Å². The zero-order chi connectivity index (χ0) is 19.7. The van der Waals surface area contributed by atoms with Crippen molar-refractivity contribution in [1.82, 2.24) is 14.1 Å². The molecule has 2 aromatic carbocycles. The lowest BCUT2D eigenvalue weighted by atomic mass is 10.1. The van der Waals surface area contributed by atoms with Crippen LogP contribution in [0.4, 0.5) is 0 Å². The van der Waals surface area contributed by atoms with E-state index < -0.39 is 10.0 Å². The molecule has 7 heteroatoms. The molecule has 1 amide bonds. The first kappa shape index (κ1) is 19.4. The van der Waals surface area contributed by atoms with Crippen molar-refractivity contribution in [2.45, 2.75) is 30.7 Å². The standard InChI is InChI=1S/C21H27N3O3S/c1-17(21(25)23-10-4-5-11-23)22-12-14-24(15-13-22)28(26,27)20-9-8-18-6-2-3-7-19(18)16-20/h2-3,6-9,16-17H,4-5,10-15H2,1H3/t17-/m0/s1. The average Bonchev–Trinajstić information content (AvgIpc) is 3.27. The molecule has 0 unspecified atom stereocenters. The molecule has 2 aliphatic rings. The second-order valence-electron chi connectivity index (χ2n) is 7.66. The highest BCUT2D eigenvalue weighted by molar-refractivity contribution is 7.89. The lowest BCUT2D eigenvalue weighted by Crippen LogP contribution is -2.55. The normalized spacial score (nSPS) is 20.5. The van der Waals surface area contributed by atoms with Gasteiger partial charge in [0.15, 0.2) is 0 Å². The van der Waals surface area contributed by atoms with Gasteiger partial charge in [0, 0.05) is 39.3 Å². The lowest BCUT2D eigenvalue weighted by Gasteiger charge is -2.37. The second-order valence-corrected chi connectivity index (χ2v) is 9.60. The molecule has 28 heavy (non-hydrogen) atoms. The van der Waals surface area contributed by atoms with Gasteiger partial charge in [-0.2, -0.15) is 4.31 Å². The Morgan fingerprint density at radius 1 is 0.893 bits per heavy atom. The van der Waals surface area contributed by atoms with Crippen LogP contribution in [0, 0.1) is 0 Å². The summed E-state index contributed by atoms with van der Waals surface area (Å²) in [6.07, 6.45) is 2.16. The van der Waals surface area contributed by atoms with Gasteiger partial charge in [0.05, 0.1) is 10.9 Å². The fraction of sp³-hybridized carbons (Fsp3) is 0.476. The summed E-state index contributed by atoms with van der Waals surface area (Å²) in [7, 11) is -3.53. The van der Waals surface area contributed by atoms with Gasteiger partial charge in [-0.25, -0.2) is 8.42 Å². The Balaban J connectivity index is 1.43. The van der Waals surface area contributed by atoms with E-state index in [1.54, 1.807) is 16.4 Å². The van der Waals surface area contributed by atoms with Crippen LogP contribution >= 0.6 is 0 Å². The summed E-state index contributed by atoms with van der Waals surface area (Å²) in [6.45, 7) is 5.60. The first-order chi connectivity index (χ1) is 13.5. The van der Waals surface area contributed by atoms with E-state index >= 15 is 0 Å². The van der Waals surface area contributed by atoms with Gasteiger partial charge in [-0.05, 0) is 42.7 Å². The third-order valence-corrected chi connectivity index (χ3v) is 7.85. The van der Waals surface area contributed by atoms with Gasteiger partial charge < -0.3 is 4.90 Å². The Morgan fingerprint density at radius 2 is 1.54 bits per heavy atom. The van der Waals surface area contributed by atoms with Gasteiger partial charge in [-0.15, -0.1) is 0 Å². The molecule has 2 heterocycles. The summed E-state index contributed by atoms with van der Waals surface area (Å²) in [5.41, 5.74) is 0. The maximum Gasteiger partial charge on any atom is 0.243 e. The van der Waals surface area contributed by atoms with Gasteiger partial charge in [0.2, 0.25) is 15.9 Å². The number of hydrogen-bond donors (Lipinski definition) is 0. The lowest BCUT2D eigenvalue weighted by molar-refractivity contribution is -0.135. The summed E-state index contributed by atoms with van der Waals surface area (Å²) in [5, 5.41) is 1.95. The van der Waals surface area contributed by atoms with Crippen molar-refractivity contribution in [1.29, 1.82) is 0 Å². The van der Waals surface area contributed by atoms with Crippen molar-refractivity contribution >= 4 is 26.7 Å². The largest absolute Gasteiger partial charge is 0.341 e. The molecule has 1 atom stereocenters. The van der Waals surface area contributed by atoms with E-state index in [0.29, 0.717) is 31.1 Å². The van der Waals surface area contributed by atoms with E-state index in [1.807, 2.05) is 42.2 Å². The van der Waals surface area contributed by atoms with Crippen LogP contribution in [0.3, 0.4) is 0 Å². The number of carbonyl (C=O) groups excluding carboxylic acids is 1. The number of hydrogen-bond acceptors (Lipinski definition) is 4. The predicted octanol–water partition coefficient (Wildman–Crippen LogP) is 2.16. The van der Waals surface area contributed by atoms with E-state index in [9.17, 15) is 13.2 Å². The molecule has 150 valence electrons. The van der Waals surface area contributed by atoms with Crippen molar-refractivity contribution in [3.05, 3.63) is 42.5 Å². The molecule has 0 aliphatic carbocycles. The smallest absolute Gasteiger partial charge is 0.243 e. The Kier molecular flexibility index (Phi) is 5.40. The Bertz CT molecular complexity index is 962. The van der Waals surface area contributed by atoms with Crippen molar-refractivity contribution in [2.75, 3.05) is 39.3 Å². The van der Waals surface area contributed by atoms with Crippen LogP contribution in [0.2, 0.25) is 0 Å². The van der Waals surface area contributed by atoms with E-state index in [0.717, 1.165) is 36.7 Å². The molecule has 0 aromatic heterocycles. The SMILES string of the molecule is C[C@@H](C(=O)N1CCCC1)N1CCN(S(=O)(=O)c2ccc3ccccc3c2)CC1. The number of piperazine rings is 1. The van der Waals surface area contributed by atoms with E-state index in [-0.39, 0.29) is 11.9 Å². The monoisotopic (exact) mass is 401 g/mol. The van der Waals surface area contributed by atoms with Crippen LogP contribution in [-0.4, -0.2) is 73.7 Å². The molecule has 0 spiro atoms. The van der Waals surface area contributed by atoms with Crippen LogP contribution in [0.1, 0.15) is 19.8 Å². The zero-order valence-electron chi connectivity index (χ0n) is 16.3. The summed E-state index contributed by atoms with van der Waals surface area (Å²) in [6, 6.07) is 12.9. The number of fused-ring (bicyclic) bond motifs is 1. The highest BCUT2D eigenvalue weighted by atomic mass is 32.2. The van der Waals surface area contributed by atoms with E-state index in [4.69, 9.17) is 0 Å². The second kappa shape index (κ2) is 7.81. The van der Waals surface area contributed by atoms with Crippen LogP contribution in [0.15, 0.2) is 47.4 Å². The van der Waals surface area contributed by atoms with Crippen molar-refractivity contribution in [3.8, 4) is 0 Å². The highest BCUT2D eigenvalue weighted by Gasteiger charge is 2.33. The molecule has 2 saturated heterocycles. The molecule has 4 rings (SSSR count). The van der Waals surface area contributed by atoms with Crippen molar-refractivity contribution in [2.24, 2.45) is 0 Å². The Morgan fingerprint density at radius 3 is 2.21 bits per heavy atom. The molecule has 0 bridgehead atoms. The summed E-state index contributed by atoms with van der Waals surface area (Å²) >= 11 is 0. The molecule has 0 radical (unpaired) electrons. The minimum Gasteiger partial charge on any atom is -0.341 e. The molecule has 6 nitrogen and oxygen atoms in total. The van der Waals surface area contributed by atoms with Crippen LogP contribution < -0.4 is 0 Å². The van der Waals surface area contributed by atoms with Gasteiger partial charge in [-0.3, -0.25) is 9.69 Å². The van der Waals surface area contributed by atoms with Crippen molar-refractivity contribution in [3.63, 3.8) is 0 Å². The van der Waals surface area contributed by atoms with Gasteiger partial charge >= 0.3 is 0 Å². The fourth-order valence-corrected chi connectivity index (χ4v) is 5.62. The third kappa shape index (κ3) is 3.66. The van der Waals surface area contributed by atoms with E-state index in [1.165, 1.54) is 0 Å². The first-order valence-electron chi connectivity index (χ1n) is 9.98. The van der Waals surface area contributed by atoms with Crippen molar-refractivity contribution < 1.29 is 13.2 Å². The summed E-state index contributed by atoms with van der Waals surface area (Å²) < 4.78 is 27.7.